The number of halogens is 1. The molecule has 0 aliphatic rings. The van der Waals surface area contributed by atoms with Crippen molar-refractivity contribution >= 4 is 17.5 Å². The molecule has 32 heavy (non-hydrogen) atoms. The average molecular weight is 446 g/mol. The molecule has 1 N–H and O–H groups in total. The summed E-state index contributed by atoms with van der Waals surface area (Å²) in [5, 5.41) is 8.32. The van der Waals surface area contributed by atoms with E-state index in [1.807, 2.05) is 85.3 Å². The Balaban J connectivity index is 1.36. The summed E-state index contributed by atoms with van der Waals surface area (Å²) in [7, 11) is 0. The van der Waals surface area contributed by atoms with E-state index >= 15 is 0 Å². The Hall–Kier alpha value is -3.57. The van der Waals surface area contributed by atoms with Crippen molar-refractivity contribution in [3.8, 4) is 11.4 Å². The van der Waals surface area contributed by atoms with E-state index in [0.29, 0.717) is 23.7 Å². The molecule has 0 bridgehead atoms. The highest BCUT2D eigenvalue weighted by molar-refractivity contribution is 6.30. The smallest absolute Gasteiger partial charge is 0.251 e. The second-order valence-electron chi connectivity index (χ2n) is 7.52. The molecule has 0 aliphatic heterocycles. The molecule has 4 aromatic rings. The van der Waals surface area contributed by atoms with E-state index in [1.165, 1.54) is 0 Å². The van der Waals surface area contributed by atoms with Gasteiger partial charge in [0.1, 0.15) is 12.4 Å². The summed E-state index contributed by atoms with van der Waals surface area (Å²) in [6.07, 6.45) is 0. The quantitative estimate of drug-likeness (QED) is 0.400. The third-order valence-electron chi connectivity index (χ3n) is 5.30. The average Bonchev–Trinajstić information content (AvgIpc) is 3.11. The van der Waals surface area contributed by atoms with Crippen LogP contribution in [0.1, 0.15) is 32.9 Å². The van der Waals surface area contributed by atoms with Crippen molar-refractivity contribution in [3.63, 3.8) is 0 Å². The SMILES string of the molecule is Cc1nn(-c2ccccc2)c(C)c1CNC(=O)c1ccc(COc2ccc(Cl)cc2)cc1. The highest BCUT2D eigenvalue weighted by Crippen LogP contribution is 2.19. The van der Waals surface area contributed by atoms with Crippen molar-refractivity contribution in [1.29, 1.82) is 0 Å². The van der Waals surface area contributed by atoms with Crippen LogP contribution in [0.15, 0.2) is 78.9 Å². The summed E-state index contributed by atoms with van der Waals surface area (Å²) < 4.78 is 7.66. The fraction of sp³-hybridized carbons (Fsp3) is 0.154. The molecule has 162 valence electrons. The molecule has 0 unspecified atom stereocenters. The van der Waals surface area contributed by atoms with Gasteiger partial charge in [-0.15, -0.1) is 0 Å². The first-order valence-corrected chi connectivity index (χ1v) is 10.7. The maximum atomic E-state index is 12.7. The molecule has 0 aliphatic carbocycles. The number of rotatable bonds is 7. The number of benzene rings is 3. The van der Waals surface area contributed by atoms with Gasteiger partial charge in [0.2, 0.25) is 0 Å². The van der Waals surface area contributed by atoms with Crippen LogP contribution in [-0.2, 0) is 13.2 Å². The van der Waals surface area contributed by atoms with Crippen molar-refractivity contribution in [2.75, 3.05) is 0 Å². The Morgan fingerprint density at radius 3 is 2.34 bits per heavy atom. The number of hydrogen-bond donors (Lipinski definition) is 1. The van der Waals surface area contributed by atoms with Crippen molar-refractivity contribution in [2.45, 2.75) is 27.0 Å². The number of para-hydroxylation sites is 1. The third-order valence-corrected chi connectivity index (χ3v) is 5.55. The molecule has 0 spiro atoms. The number of carbonyl (C=O) groups is 1. The van der Waals surface area contributed by atoms with Crippen LogP contribution in [0.25, 0.3) is 5.69 Å². The Bertz CT molecular complexity index is 1200. The van der Waals surface area contributed by atoms with E-state index in [-0.39, 0.29) is 5.91 Å². The van der Waals surface area contributed by atoms with Crippen LogP contribution in [0.2, 0.25) is 5.02 Å². The Morgan fingerprint density at radius 2 is 1.66 bits per heavy atom. The van der Waals surface area contributed by atoms with Crippen LogP contribution in [0, 0.1) is 13.8 Å². The minimum Gasteiger partial charge on any atom is -0.489 e. The summed E-state index contributed by atoms with van der Waals surface area (Å²) in [6, 6.07) is 24.6. The zero-order valence-electron chi connectivity index (χ0n) is 18.0. The fourth-order valence-electron chi connectivity index (χ4n) is 3.47. The predicted molar refractivity (Wildman–Crippen MR) is 126 cm³/mol. The van der Waals surface area contributed by atoms with E-state index in [1.54, 1.807) is 12.1 Å². The highest BCUT2D eigenvalue weighted by Gasteiger charge is 2.14. The number of amides is 1. The zero-order chi connectivity index (χ0) is 22.5. The highest BCUT2D eigenvalue weighted by atomic mass is 35.5. The van der Waals surface area contributed by atoms with Gasteiger partial charge in [-0.25, -0.2) is 4.68 Å². The molecule has 1 amide bonds. The van der Waals surface area contributed by atoms with Gasteiger partial charge in [0.25, 0.3) is 5.91 Å². The molecular formula is C26H24ClN3O2. The van der Waals surface area contributed by atoms with Crippen molar-refractivity contribution in [2.24, 2.45) is 0 Å². The molecular weight excluding hydrogens is 422 g/mol. The lowest BCUT2D eigenvalue weighted by Gasteiger charge is -2.09. The standard InChI is InChI=1S/C26H24ClN3O2/c1-18-25(19(2)30(29-18)23-6-4-3-5-7-23)16-28-26(31)21-10-8-20(9-11-21)17-32-24-14-12-22(27)13-15-24/h3-15H,16-17H2,1-2H3,(H,28,31). The maximum absolute atomic E-state index is 12.7. The van der Waals surface area contributed by atoms with Crippen molar-refractivity contribution in [1.82, 2.24) is 15.1 Å². The van der Waals surface area contributed by atoms with Gasteiger partial charge >= 0.3 is 0 Å². The van der Waals surface area contributed by atoms with Crippen LogP contribution in [0.4, 0.5) is 0 Å². The lowest BCUT2D eigenvalue weighted by atomic mass is 10.1. The first kappa shape index (κ1) is 21.7. The molecule has 0 saturated heterocycles. The molecule has 1 aromatic heterocycles. The summed E-state index contributed by atoms with van der Waals surface area (Å²) in [5.41, 5.74) is 5.53. The van der Waals surface area contributed by atoms with E-state index in [2.05, 4.69) is 10.4 Å². The first-order valence-electron chi connectivity index (χ1n) is 10.4. The molecule has 4 rings (SSSR count). The van der Waals surface area contributed by atoms with Crippen molar-refractivity contribution < 1.29 is 9.53 Å². The van der Waals surface area contributed by atoms with Crippen LogP contribution >= 0.6 is 11.6 Å². The fourth-order valence-corrected chi connectivity index (χ4v) is 3.60. The van der Waals surface area contributed by atoms with E-state index in [0.717, 1.165) is 34.0 Å². The monoisotopic (exact) mass is 445 g/mol. The van der Waals surface area contributed by atoms with Gasteiger partial charge in [-0.3, -0.25) is 4.79 Å². The third kappa shape index (κ3) is 5.01. The summed E-state index contributed by atoms with van der Waals surface area (Å²) >= 11 is 5.89. The topological polar surface area (TPSA) is 56.2 Å². The summed E-state index contributed by atoms with van der Waals surface area (Å²) in [6.45, 7) is 4.82. The molecule has 6 heteroatoms. The second kappa shape index (κ2) is 9.71. The van der Waals surface area contributed by atoms with E-state index in [4.69, 9.17) is 16.3 Å². The number of nitrogens with zero attached hydrogens (tertiary/aromatic N) is 2. The largest absolute Gasteiger partial charge is 0.489 e. The Morgan fingerprint density at radius 1 is 0.969 bits per heavy atom. The minimum absolute atomic E-state index is 0.124. The van der Waals surface area contributed by atoms with E-state index < -0.39 is 0 Å². The summed E-state index contributed by atoms with van der Waals surface area (Å²) in [4.78, 5) is 12.7. The molecule has 5 nitrogen and oxygen atoms in total. The van der Waals surface area contributed by atoms with Crippen LogP contribution < -0.4 is 10.1 Å². The van der Waals surface area contributed by atoms with Gasteiger partial charge in [0.15, 0.2) is 0 Å². The van der Waals surface area contributed by atoms with Gasteiger partial charge in [-0.05, 0) is 67.9 Å². The van der Waals surface area contributed by atoms with Crippen LogP contribution in [0.3, 0.4) is 0 Å². The molecule has 0 atom stereocenters. The normalized spacial score (nSPS) is 10.7. The Kier molecular flexibility index (Phi) is 6.57. The summed E-state index contributed by atoms with van der Waals surface area (Å²) in [5.74, 6) is 0.624. The molecule has 0 radical (unpaired) electrons. The van der Waals surface area contributed by atoms with E-state index in [9.17, 15) is 4.79 Å². The number of carbonyl (C=O) groups excluding carboxylic acids is 1. The lowest BCUT2D eigenvalue weighted by Crippen LogP contribution is -2.23. The van der Waals surface area contributed by atoms with Gasteiger partial charge in [-0.1, -0.05) is 41.9 Å². The van der Waals surface area contributed by atoms with Crippen LogP contribution in [-0.4, -0.2) is 15.7 Å². The Labute approximate surface area is 192 Å². The number of aromatic nitrogens is 2. The number of hydrogen-bond acceptors (Lipinski definition) is 3. The zero-order valence-corrected chi connectivity index (χ0v) is 18.8. The van der Waals surface area contributed by atoms with Gasteiger partial charge < -0.3 is 10.1 Å². The number of ether oxygens (including phenoxy) is 1. The second-order valence-corrected chi connectivity index (χ2v) is 7.96. The minimum atomic E-state index is -0.124. The van der Waals surface area contributed by atoms with Gasteiger partial charge in [-0.2, -0.15) is 5.10 Å². The molecule has 3 aromatic carbocycles. The maximum Gasteiger partial charge on any atom is 0.251 e. The van der Waals surface area contributed by atoms with Gasteiger partial charge in [0, 0.05) is 28.4 Å². The molecule has 0 fully saturated rings. The lowest BCUT2D eigenvalue weighted by molar-refractivity contribution is 0.0951. The van der Waals surface area contributed by atoms with Crippen LogP contribution in [0.5, 0.6) is 5.75 Å². The number of aryl methyl sites for hydroxylation is 1. The molecule has 0 saturated carbocycles. The van der Waals surface area contributed by atoms with Gasteiger partial charge in [0.05, 0.1) is 11.4 Å². The first-order chi connectivity index (χ1) is 15.5. The van der Waals surface area contributed by atoms with Crippen molar-refractivity contribution in [3.05, 3.63) is 112 Å². The predicted octanol–water partition coefficient (Wildman–Crippen LogP) is 5.65. The number of nitrogens with one attached hydrogen (secondary N) is 1. The molecule has 1 heterocycles.